The van der Waals surface area contributed by atoms with E-state index in [4.69, 9.17) is 5.73 Å². The average molecular weight is 419 g/mol. The summed E-state index contributed by atoms with van der Waals surface area (Å²) in [7, 11) is 0. The molecule has 29 heavy (non-hydrogen) atoms. The Kier molecular flexibility index (Phi) is 8.70. The average Bonchev–Trinajstić information content (AvgIpc) is 2.67. The van der Waals surface area contributed by atoms with Gasteiger partial charge in [-0.25, -0.2) is 4.98 Å². The Morgan fingerprint density at radius 3 is 2.59 bits per heavy atom. The molecule has 1 aromatic carbocycles. The Balaban J connectivity index is 2.14. The van der Waals surface area contributed by atoms with Crippen molar-refractivity contribution in [3.05, 3.63) is 34.6 Å². The lowest BCUT2D eigenvalue weighted by Crippen LogP contribution is -2.37. The molecule has 2 rings (SSSR count). The van der Waals surface area contributed by atoms with Crippen LogP contribution >= 0.6 is 11.8 Å². The van der Waals surface area contributed by atoms with Gasteiger partial charge >= 0.3 is 0 Å². The second-order valence-electron chi connectivity index (χ2n) is 7.53. The fourth-order valence-electron chi connectivity index (χ4n) is 2.79. The highest BCUT2D eigenvalue weighted by Crippen LogP contribution is 2.18. The summed E-state index contributed by atoms with van der Waals surface area (Å²) in [6, 6.07) is 7.31. The van der Waals surface area contributed by atoms with Crippen LogP contribution in [0, 0.1) is 5.92 Å². The number of primary amides is 1. The number of thioether (sulfide) groups is 1. The first-order valence-electron chi connectivity index (χ1n) is 9.99. The molecule has 0 aliphatic rings. The van der Waals surface area contributed by atoms with Crippen LogP contribution in [-0.2, 0) is 16.1 Å². The van der Waals surface area contributed by atoms with E-state index in [0.29, 0.717) is 41.4 Å². The zero-order chi connectivity index (χ0) is 21.4. The monoisotopic (exact) mass is 418 g/mol. The summed E-state index contributed by atoms with van der Waals surface area (Å²) in [4.78, 5) is 40.7. The number of hydrogen-bond acceptors (Lipinski definition) is 5. The molecule has 0 fully saturated rings. The van der Waals surface area contributed by atoms with Crippen molar-refractivity contribution in [2.24, 2.45) is 11.7 Å². The number of para-hydroxylation sites is 1. The molecule has 1 aromatic heterocycles. The molecular formula is C21H30N4O3S. The fourth-order valence-corrected chi connectivity index (χ4v) is 3.63. The maximum absolute atomic E-state index is 13.0. The SMILES string of the molecule is CC(C)C(C)NC(=O)CSc1nc2ccccc2c(=O)n1CCCCCC(N)=O. The molecule has 0 radical (unpaired) electrons. The van der Waals surface area contributed by atoms with Gasteiger partial charge in [-0.15, -0.1) is 0 Å². The standard InChI is InChI=1S/C21H30N4O3S/c1-14(2)15(3)23-19(27)13-29-21-24-17-10-7-6-9-16(17)20(28)25(21)12-8-4-5-11-18(22)26/h6-7,9-10,14-15H,4-5,8,11-13H2,1-3H3,(H2,22,26)(H,23,27). The zero-order valence-corrected chi connectivity index (χ0v) is 18.1. The van der Waals surface area contributed by atoms with Crippen LogP contribution in [0.25, 0.3) is 10.9 Å². The number of nitrogens with one attached hydrogen (secondary N) is 1. The number of nitrogens with two attached hydrogens (primary N) is 1. The van der Waals surface area contributed by atoms with E-state index in [1.807, 2.05) is 19.1 Å². The lowest BCUT2D eigenvalue weighted by molar-refractivity contribution is -0.119. The number of aromatic nitrogens is 2. The highest BCUT2D eigenvalue weighted by atomic mass is 32.2. The predicted octanol–water partition coefficient (Wildman–Crippen LogP) is 2.70. The molecule has 0 aliphatic carbocycles. The summed E-state index contributed by atoms with van der Waals surface area (Å²) < 4.78 is 1.64. The Bertz CT molecular complexity index is 910. The zero-order valence-electron chi connectivity index (χ0n) is 17.3. The lowest BCUT2D eigenvalue weighted by Gasteiger charge is -2.17. The Morgan fingerprint density at radius 2 is 1.90 bits per heavy atom. The van der Waals surface area contributed by atoms with Crippen molar-refractivity contribution < 1.29 is 9.59 Å². The summed E-state index contributed by atoms with van der Waals surface area (Å²) in [5.74, 6) is 0.157. The minimum Gasteiger partial charge on any atom is -0.370 e. The van der Waals surface area contributed by atoms with Crippen LogP contribution in [0.2, 0.25) is 0 Å². The van der Waals surface area contributed by atoms with Crippen LogP contribution < -0.4 is 16.6 Å². The number of carbonyl (C=O) groups is 2. The Morgan fingerprint density at radius 1 is 1.17 bits per heavy atom. The van der Waals surface area contributed by atoms with Gasteiger partial charge in [-0.1, -0.05) is 44.2 Å². The maximum atomic E-state index is 13.0. The number of nitrogens with zero attached hydrogens (tertiary/aromatic N) is 2. The third kappa shape index (κ3) is 6.88. The first kappa shape index (κ1) is 22.9. The molecule has 0 spiro atoms. The Labute approximate surface area is 175 Å². The van der Waals surface area contributed by atoms with Gasteiger partial charge < -0.3 is 11.1 Å². The second-order valence-corrected chi connectivity index (χ2v) is 8.48. The predicted molar refractivity (Wildman–Crippen MR) is 117 cm³/mol. The Hall–Kier alpha value is -2.35. The van der Waals surface area contributed by atoms with Gasteiger partial charge in [0.2, 0.25) is 11.8 Å². The highest BCUT2D eigenvalue weighted by molar-refractivity contribution is 7.99. The number of benzene rings is 1. The van der Waals surface area contributed by atoms with E-state index in [1.54, 1.807) is 16.7 Å². The van der Waals surface area contributed by atoms with Crippen LogP contribution in [0.3, 0.4) is 0 Å². The quantitative estimate of drug-likeness (QED) is 0.331. The molecule has 0 bridgehead atoms. The molecule has 8 heteroatoms. The minimum atomic E-state index is -0.313. The smallest absolute Gasteiger partial charge is 0.262 e. The summed E-state index contributed by atoms with van der Waals surface area (Å²) >= 11 is 1.27. The van der Waals surface area contributed by atoms with E-state index >= 15 is 0 Å². The van der Waals surface area contributed by atoms with Crippen LogP contribution in [-0.4, -0.2) is 33.2 Å². The molecule has 7 nitrogen and oxygen atoms in total. The third-order valence-corrected chi connectivity index (χ3v) is 5.83. The minimum absolute atomic E-state index is 0.0772. The summed E-state index contributed by atoms with van der Waals surface area (Å²) in [5, 5.41) is 4.07. The number of hydrogen-bond donors (Lipinski definition) is 2. The highest BCUT2D eigenvalue weighted by Gasteiger charge is 2.15. The van der Waals surface area contributed by atoms with Gasteiger partial charge in [-0.3, -0.25) is 19.0 Å². The molecule has 1 heterocycles. The molecule has 0 aliphatic heterocycles. The first-order valence-corrected chi connectivity index (χ1v) is 11.0. The van der Waals surface area contributed by atoms with Crippen LogP contribution in [0.4, 0.5) is 0 Å². The fraction of sp³-hybridized carbons (Fsp3) is 0.524. The lowest BCUT2D eigenvalue weighted by atomic mass is 10.1. The maximum Gasteiger partial charge on any atom is 0.262 e. The van der Waals surface area contributed by atoms with Gasteiger partial charge in [0.05, 0.1) is 16.7 Å². The van der Waals surface area contributed by atoms with E-state index < -0.39 is 0 Å². The number of unbranched alkanes of at least 4 members (excludes halogenated alkanes) is 2. The summed E-state index contributed by atoms with van der Waals surface area (Å²) in [6.45, 7) is 6.57. The molecular weight excluding hydrogens is 388 g/mol. The van der Waals surface area contributed by atoms with Gasteiger partial charge in [-0.2, -0.15) is 0 Å². The molecule has 158 valence electrons. The molecule has 1 unspecified atom stereocenters. The normalized spacial score (nSPS) is 12.3. The van der Waals surface area contributed by atoms with Crippen molar-refractivity contribution in [2.75, 3.05) is 5.75 Å². The molecule has 0 saturated heterocycles. The van der Waals surface area contributed by atoms with Crippen molar-refractivity contribution in [1.82, 2.24) is 14.9 Å². The van der Waals surface area contributed by atoms with Crippen molar-refractivity contribution in [1.29, 1.82) is 0 Å². The second kappa shape index (κ2) is 11.0. The van der Waals surface area contributed by atoms with E-state index in [1.165, 1.54) is 11.8 Å². The van der Waals surface area contributed by atoms with Crippen molar-refractivity contribution in [3.8, 4) is 0 Å². The topological polar surface area (TPSA) is 107 Å². The van der Waals surface area contributed by atoms with Gasteiger partial charge in [-0.05, 0) is 37.8 Å². The van der Waals surface area contributed by atoms with Gasteiger partial charge in [0.25, 0.3) is 5.56 Å². The van der Waals surface area contributed by atoms with Crippen molar-refractivity contribution in [2.45, 2.75) is 64.2 Å². The number of amides is 2. The van der Waals surface area contributed by atoms with E-state index in [-0.39, 0.29) is 29.2 Å². The van der Waals surface area contributed by atoms with E-state index in [9.17, 15) is 14.4 Å². The summed E-state index contributed by atoms with van der Waals surface area (Å²) in [5.41, 5.74) is 5.69. The number of carbonyl (C=O) groups excluding carboxylic acids is 2. The van der Waals surface area contributed by atoms with Gasteiger partial charge in [0, 0.05) is 19.0 Å². The van der Waals surface area contributed by atoms with Crippen LogP contribution in [0.15, 0.2) is 34.2 Å². The van der Waals surface area contributed by atoms with Crippen LogP contribution in [0.5, 0.6) is 0 Å². The summed E-state index contributed by atoms with van der Waals surface area (Å²) in [6.07, 6.45) is 2.57. The largest absolute Gasteiger partial charge is 0.370 e. The van der Waals surface area contributed by atoms with Gasteiger partial charge in [0.15, 0.2) is 5.16 Å². The van der Waals surface area contributed by atoms with E-state index in [2.05, 4.69) is 24.1 Å². The molecule has 1 atom stereocenters. The number of fused-ring (bicyclic) bond motifs is 1. The number of rotatable bonds is 11. The molecule has 3 N–H and O–H groups in total. The molecule has 2 aromatic rings. The first-order chi connectivity index (χ1) is 13.8. The van der Waals surface area contributed by atoms with Crippen molar-refractivity contribution >= 4 is 34.5 Å². The molecule has 2 amide bonds. The van der Waals surface area contributed by atoms with Gasteiger partial charge in [0.1, 0.15) is 0 Å². The van der Waals surface area contributed by atoms with Crippen LogP contribution in [0.1, 0.15) is 46.5 Å². The van der Waals surface area contributed by atoms with Crippen molar-refractivity contribution in [3.63, 3.8) is 0 Å². The molecule has 0 saturated carbocycles. The van der Waals surface area contributed by atoms with E-state index in [0.717, 1.165) is 12.8 Å². The third-order valence-electron chi connectivity index (χ3n) is 4.85.